The van der Waals surface area contributed by atoms with Crippen molar-refractivity contribution in [3.05, 3.63) is 30.5 Å². The summed E-state index contributed by atoms with van der Waals surface area (Å²) in [5, 5.41) is 9.82. The van der Waals surface area contributed by atoms with E-state index in [1.807, 2.05) is 13.8 Å². The second-order valence-electron chi connectivity index (χ2n) is 3.86. The maximum atomic E-state index is 12.0. The van der Waals surface area contributed by atoms with Crippen molar-refractivity contribution in [2.24, 2.45) is 0 Å². The lowest BCUT2D eigenvalue weighted by Crippen LogP contribution is -2.15. The minimum Gasteiger partial charge on any atom is -0.369 e. The predicted octanol–water partition coefficient (Wildman–Crippen LogP) is 1.38. The molecule has 0 unspecified atom stereocenters. The zero-order valence-corrected chi connectivity index (χ0v) is 10.9. The molecule has 0 saturated heterocycles. The standard InChI is InChI=1S/C12H16N6O/c1-3-14-11-7-13-6-10(17-11)12(19)16-9-5-15-18(4-2)8-9/h5-8H,3-4H2,1-2H3,(H,14,17)(H,16,19). The van der Waals surface area contributed by atoms with Crippen LogP contribution in [0, 0.1) is 0 Å². The van der Waals surface area contributed by atoms with Gasteiger partial charge in [-0.2, -0.15) is 5.10 Å². The van der Waals surface area contributed by atoms with Crippen molar-refractivity contribution >= 4 is 17.4 Å². The Balaban J connectivity index is 2.08. The lowest BCUT2D eigenvalue weighted by Gasteiger charge is -2.04. The third-order valence-electron chi connectivity index (χ3n) is 2.44. The number of aryl methyl sites for hydroxylation is 1. The lowest BCUT2D eigenvalue weighted by molar-refractivity contribution is 0.102. The number of carbonyl (C=O) groups is 1. The third kappa shape index (κ3) is 3.27. The maximum Gasteiger partial charge on any atom is 0.276 e. The Morgan fingerprint density at radius 2 is 2.16 bits per heavy atom. The molecular formula is C12H16N6O. The van der Waals surface area contributed by atoms with Gasteiger partial charge in [0.05, 0.1) is 24.3 Å². The first-order chi connectivity index (χ1) is 9.22. The van der Waals surface area contributed by atoms with Crippen LogP contribution in [0.25, 0.3) is 0 Å². The highest BCUT2D eigenvalue weighted by molar-refractivity contribution is 6.02. The topological polar surface area (TPSA) is 84.7 Å². The SMILES string of the molecule is CCNc1cncc(C(=O)Nc2cnn(CC)c2)n1. The first-order valence-corrected chi connectivity index (χ1v) is 6.12. The summed E-state index contributed by atoms with van der Waals surface area (Å²) in [5.41, 5.74) is 0.908. The molecule has 0 aliphatic heterocycles. The van der Waals surface area contributed by atoms with Gasteiger partial charge >= 0.3 is 0 Å². The molecule has 0 radical (unpaired) electrons. The highest BCUT2D eigenvalue weighted by atomic mass is 16.1. The molecule has 2 aromatic rings. The highest BCUT2D eigenvalue weighted by Gasteiger charge is 2.10. The van der Waals surface area contributed by atoms with Crippen molar-refractivity contribution in [2.75, 3.05) is 17.2 Å². The van der Waals surface area contributed by atoms with E-state index in [4.69, 9.17) is 0 Å². The van der Waals surface area contributed by atoms with E-state index in [2.05, 4.69) is 25.7 Å². The molecule has 0 aliphatic carbocycles. The first kappa shape index (κ1) is 13.0. The van der Waals surface area contributed by atoms with Crippen molar-refractivity contribution in [1.29, 1.82) is 0 Å². The first-order valence-electron chi connectivity index (χ1n) is 6.12. The van der Waals surface area contributed by atoms with Crippen molar-refractivity contribution in [2.45, 2.75) is 20.4 Å². The van der Waals surface area contributed by atoms with Gasteiger partial charge in [-0.15, -0.1) is 0 Å². The number of amides is 1. The van der Waals surface area contributed by atoms with Crippen LogP contribution >= 0.6 is 0 Å². The molecule has 100 valence electrons. The van der Waals surface area contributed by atoms with Gasteiger partial charge in [-0.1, -0.05) is 0 Å². The molecule has 0 atom stereocenters. The van der Waals surface area contributed by atoms with Gasteiger partial charge in [-0.05, 0) is 13.8 Å². The zero-order chi connectivity index (χ0) is 13.7. The lowest BCUT2D eigenvalue weighted by atomic mass is 10.4. The molecule has 0 spiro atoms. The van der Waals surface area contributed by atoms with Crippen LogP contribution in [0.5, 0.6) is 0 Å². The normalized spacial score (nSPS) is 10.2. The monoisotopic (exact) mass is 260 g/mol. The molecule has 0 aliphatic rings. The second-order valence-corrected chi connectivity index (χ2v) is 3.86. The van der Waals surface area contributed by atoms with E-state index in [1.165, 1.54) is 6.20 Å². The molecule has 1 amide bonds. The average molecular weight is 260 g/mol. The van der Waals surface area contributed by atoms with Gasteiger partial charge in [0.1, 0.15) is 11.5 Å². The van der Waals surface area contributed by atoms with Crippen LogP contribution in [0.3, 0.4) is 0 Å². The van der Waals surface area contributed by atoms with Gasteiger partial charge < -0.3 is 10.6 Å². The van der Waals surface area contributed by atoms with E-state index in [1.54, 1.807) is 23.3 Å². The number of aromatic nitrogens is 4. The zero-order valence-electron chi connectivity index (χ0n) is 10.9. The van der Waals surface area contributed by atoms with E-state index in [0.29, 0.717) is 11.5 Å². The molecule has 7 nitrogen and oxygen atoms in total. The molecule has 2 aromatic heterocycles. The second kappa shape index (κ2) is 5.94. The van der Waals surface area contributed by atoms with Crippen molar-refractivity contribution in [3.8, 4) is 0 Å². The summed E-state index contributed by atoms with van der Waals surface area (Å²) in [6.07, 6.45) is 6.37. The van der Waals surface area contributed by atoms with E-state index in [9.17, 15) is 4.79 Å². The summed E-state index contributed by atoms with van der Waals surface area (Å²) in [4.78, 5) is 20.1. The van der Waals surface area contributed by atoms with Crippen LogP contribution in [-0.2, 0) is 6.54 Å². The van der Waals surface area contributed by atoms with Crippen LogP contribution in [0.1, 0.15) is 24.3 Å². The van der Waals surface area contributed by atoms with Gasteiger partial charge in [0.25, 0.3) is 5.91 Å². The van der Waals surface area contributed by atoms with Crippen molar-refractivity contribution in [1.82, 2.24) is 19.7 Å². The van der Waals surface area contributed by atoms with Crippen LogP contribution in [0.2, 0.25) is 0 Å². The van der Waals surface area contributed by atoms with E-state index >= 15 is 0 Å². The Morgan fingerprint density at radius 1 is 1.32 bits per heavy atom. The fourth-order valence-corrected chi connectivity index (χ4v) is 1.54. The molecule has 2 N–H and O–H groups in total. The molecule has 2 rings (SSSR count). The minimum atomic E-state index is -0.303. The molecule has 0 bridgehead atoms. The average Bonchev–Trinajstić information content (AvgIpc) is 2.87. The summed E-state index contributed by atoms with van der Waals surface area (Å²) >= 11 is 0. The Labute approximate surface area is 111 Å². The minimum absolute atomic E-state index is 0.266. The fourth-order valence-electron chi connectivity index (χ4n) is 1.54. The number of hydrogen-bond donors (Lipinski definition) is 2. The summed E-state index contributed by atoms with van der Waals surface area (Å²) in [6.45, 7) is 5.41. The molecule has 7 heteroatoms. The smallest absolute Gasteiger partial charge is 0.276 e. The van der Waals surface area contributed by atoms with E-state index < -0.39 is 0 Å². The molecule has 0 saturated carbocycles. The number of nitrogens with one attached hydrogen (secondary N) is 2. The number of nitrogens with zero attached hydrogens (tertiary/aromatic N) is 4. The largest absolute Gasteiger partial charge is 0.369 e. The third-order valence-corrected chi connectivity index (χ3v) is 2.44. The van der Waals surface area contributed by atoms with E-state index in [-0.39, 0.29) is 11.6 Å². The summed E-state index contributed by atoms with van der Waals surface area (Å²) < 4.78 is 1.73. The number of carbonyl (C=O) groups excluding carboxylic acids is 1. The molecule has 19 heavy (non-hydrogen) atoms. The Bertz CT molecular complexity index is 565. The van der Waals surface area contributed by atoms with Crippen molar-refractivity contribution < 1.29 is 4.79 Å². The summed E-state index contributed by atoms with van der Waals surface area (Å²) in [5.74, 6) is 0.280. The van der Waals surface area contributed by atoms with Gasteiger partial charge in [0.2, 0.25) is 0 Å². The summed E-state index contributed by atoms with van der Waals surface area (Å²) in [6, 6.07) is 0. The van der Waals surface area contributed by atoms with Gasteiger partial charge in [-0.3, -0.25) is 14.5 Å². The summed E-state index contributed by atoms with van der Waals surface area (Å²) in [7, 11) is 0. The van der Waals surface area contributed by atoms with Crippen LogP contribution < -0.4 is 10.6 Å². The Kier molecular flexibility index (Phi) is 4.07. The van der Waals surface area contributed by atoms with Crippen molar-refractivity contribution in [3.63, 3.8) is 0 Å². The molecular weight excluding hydrogens is 244 g/mol. The molecule has 0 aromatic carbocycles. The quantitative estimate of drug-likeness (QED) is 0.848. The van der Waals surface area contributed by atoms with Gasteiger partial charge in [0.15, 0.2) is 0 Å². The van der Waals surface area contributed by atoms with Crippen LogP contribution in [0.4, 0.5) is 11.5 Å². The fraction of sp³-hybridized carbons (Fsp3) is 0.333. The highest BCUT2D eigenvalue weighted by Crippen LogP contribution is 2.08. The predicted molar refractivity (Wildman–Crippen MR) is 72.0 cm³/mol. The van der Waals surface area contributed by atoms with Crippen LogP contribution in [-0.4, -0.2) is 32.2 Å². The van der Waals surface area contributed by atoms with Crippen LogP contribution in [0.15, 0.2) is 24.8 Å². The van der Waals surface area contributed by atoms with E-state index in [0.717, 1.165) is 13.1 Å². The Morgan fingerprint density at radius 3 is 2.84 bits per heavy atom. The van der Waals surface area contributed by atoms with Gasteiger partial charge in [-0.25, -0.2) is 4.98 Å². The number of anilines is 2. The Hall–Kier alpha value is -2.44. The van der Waals surface area contributed by atoms with Gasteiger partial charge in [0, 0.05) is 19.3 Å². The maximum absolute atomic E-state index is 12.0. The number of rotatable bonds is 5. The molecule has 0 fully saturated rings. The molecule has 2 heterocycles. The number of hydrogen-bond acceptors (Lipinski definition) is 5.